The van der Waals surface area contributed by atoms with Gasteiger partial charge in [0.25, 0.3) is 0 Å². The second-order valence-corrected chi connectivity index (χ2v) is 12.2. The van der Waals surface area contributed by atoms with Gasteiger partial charge in [0.15, 0.2) is 0 Å². The second-order valence-electron chi connectivity index (χ2n) is 12.2. The lowest BCUT2D eigenvalue weighted by Crippen LogP contribution is -2.55. The number of piperidine rings is 1. The Morgan fingerprint density at radius 2 is 1.81 bits per heavy atom. The highest BCUT2D eigenvalue weighted by Crippen LogP contribution is 2.66. The molecule has 0 spiro atoms. The van der Waals surface area contributed by atoms with Crippen LogP contribution in [0, 0.1) is 34.5 Å². The van der Waals surface area contributed by atoms with E-state index in [1.54, 1.807) is 0 Å². The van der Waals surface area contributed by atoms with Crippen molar-refractivity contribution in [2.45, 2.75) is 104 Å². The number of amides is 2. The molecular formula is C27H42N2O3. The minimum Gasteiger partial charge on any atom is -0.391 e. The van der Waals surface area contributed by atoms with Gasteiger partial charge in [-0.05, 0) is 81.5 Å². The van der Waals surface area contributed by atoms with Crippen LogP contribution in [0.2, 0.25) is 0 Å². The molecule has 4 fully saturated rings. The number of aliphatic hydroxyl groups excluding tert-OH is 1. The second kappa shape index (κ2) is 7.85. The van der Waals surface area contributed by atoms with E-state index in [0.29, 0.717) is 24.2 Å². The molecule has 0 aromatic heterocycles. The van der Waals surface area contributed by atoms with Crippen molar-refractivity contribution in [3.05, 3.63) is 11.3 Å². The summed E-state index contributed by atoms with van der Waals surface area (Å²) in [6.07, 6.45) is 10.6. The summed E-state index contributed by atoms with van der Waals surface area (Å²) in [5.41, 5.74) is 2.84. The van der Waals surface area contributed by atoms with Crippen molar-refractivity contribution < 1.29 is 14.7 Å². The fraction of sp³-hybridized carbons (Fsp3) is 0.852. The summed E-state index contributed by atoms with van der Waals surface area (Å²) in [5.74, 6) is 2.32. The zero-order valence-corrected chi connectivity index (χ0v) is 20.5. The van der Waals surface area contributed by atoms with E-state index in [2.05, 4.69) is 26.1 Å². The molecule has 5 rings (SSSR count). The van der Waals surface area contributed by atoms with Crippen molar-refractivity contribution in [3.63, 3.8) is 0 Å². The van der Waals surface area contributed by atoms with E-state index < -0.39 is 0 Å². The van der Waals surface area contributed by atoms with E-state index in [4.69, 9.17) is 0 Å². The number of rotatable bonds is 2. The molecule has 5 heteroatoms. The maximum atomic E-state index is 13.4. The van der Waals surface area contributed by atoms with Gasteiger partial charge >= 0.3 is 0 Å². The molecule has 178 valence electrons. The maximum absolute atomic E-state index is 13.4. The van der Waals surface area contributed by atoms with Gasteiger partial charge in [-0.25, -0.2) is 0 Å². The fourth-order valence-electron chi connectivity index (χ4n) is 9.10. The van der Waals surface area contributed by atoms with Crippen LogP contribution in [-0.2, 0) is 9.59 Å². The van der Waals surface area contributed by atoms with Crippen LogP contribution in [0.3, 0.4) is 0 Å². The van der Waals surface area contributed by atoms with Gasteiger partial charge in [0, 0.05) is 30.5 Å². The summed E-state index contributed by atoms with van der Waals surface area (Å²) in [7, 11) is 1.97. The number of fused-ring (bicyclic) bond motifs is 5. The Hall–Kier alpha value is -1.36. The summed E-state index contributed by atoms with van der Waals surface area (Å²) in [4.78, 5) is 27.9. The summed E-state index contributed by atoms with van der Waals surface area (Å²) in [6.45, 7) is 7.04. The highest BCUT2D eigenvalue weighted by Gasteiger charge is 2.61. The third-order valence-electron chi connectivity index (χ3n) is 10.7. The number of allylic oxidation sites excluding steroid dienone is 2. The van der Waals surface area contributed by atoms with Crippen molar-refractivity contribution in [3.8, 4) is 0 Å². The van der Waals surface area contributed by atoms with Gasteiger partial charge < -0.3 is 15.3 Å². The molecule has 1 saturated heterocycles. The van der Waals surface area contributed by atoms with Crippen LogP contribution in [0.15, 0.2) is 11.3 Å². The zero-order valence-electron chi connectivity index (χ0n) is 20.5. The van der Waals surface area contributed by atoms with Crippen LogP contribution in [0.25, 0.3) is 0 Å². The lowest BCUT2D eigenvalue weighted by molar-refractivity contribution is -0.139. The lowest BCUT2D eigenvalue weighted by atomic mass is 9.48. The summed E-state index contributed by atoms with van der Waals surface area (Å²) in [6, 6.07) is -0.0631. The molecule has 0 aromatic carbocycles. The van der Waals surface area contributed by atoms with Crippen LogP contribution in [0.1, 0.15) is 91.4 Å². The monoisotopic (exact) mass is 442 g/mol. The number of nitrogens with zero attached hydrogens (tertiary/aromatic N) is 1. The van der Waals surface area contributed by atoms with Crippen molar-refractivity contribution in [1.29, 1.82) is 0 Å². The summed E-state index contributed by atoms with van der Waals surface area (Å²) >= 11 is 0. The van der Waals surface area contributed by atoms with Crippen molar-refractivity contribution in [1.82, 2.24) is 10.2 Å². The number of aliphatic hydroxyl groups is 1. The number of likely N-dealkylation sites (tertiary alicyclic amines) is 1. The Bertz CT molecular complexity index is 837. The summed E-state index contributed by atoms with van der Waals surface area (Å²) in [5, 5.41) is 13.6. The summed E-state index contributed by atoms with van der Waals surface area (Å²) < 4.78 is 0. The van der Waals surface area contributed by atoms with E-state index in [1.807, 2.05) is 11.9 Å². The molecule has 1 unspecified atom stereocenters. The highest BCUT2D eigenvalue weighted by molar-refractivity contribution is 5.81. The molecule has 1 aliphatic heterocycles. The van der Waals surface area contributed by atoms with Crippen LogP contribution in [0.5, 0.6) is 0 Å². The van der Waals surface area contributed by atoms with Crippen molar-refractivity contribution in [2.75, 3.05) is 7.05 Å². The van der Waals surface area contributed by atoms with Crippen LogP contribution in [0.4, 0.5) is 0 Å². The van der Waals surface area contributed by atoms with E-state index in [9.17, 15) is 14.7 Å². The third kappa shape index (κ3) is 3.20. The van der Waals surface area contributed by atoms with Crippen LogP contribution in [-0.4, -0.2) is 41.0 Å². The van der Waals surface area contributed by atoms with Gasteiger partial charge in [-0.15, -0.1) is 0 Å². The predicted octanol–water partition coefficient (Wildman–Crippen LogP) is 4.40. The number of hydrogen-bond acceptors (Lipinski definition) is 3. The quantitative estimate of drug-likeness (QED) is 0.666. The highest BCUT2D eigenvalue weighted by atomic mass is 16.3. The maximum Gasteiger partial charge on any atom is 0.226 e. The fourth-order valence-corrected chi connectivity index (χ4v) is 9.10. The Labute approximate surface area is 193 Å². The van der Waals surface area contributed by atoms with Gasteiger partial charge in [0.2, 0.25) is 11.8 Å². The first-order valence-electron chi connectivity index (χ1n) is 13.1. The van der Waals surface area contributed by atoms with Gasteiger partial charge in [-0.2, -0.15) is 0 Å². The topological polar surface area (TPSA) is 69.6 Å². The molecule has 8 atom stereocenters. The largest absolute Gasteiger partial charge is 0.391 e. The molecule has 5 aliphatic rings. The Kier molecular flexibility index (Phi) is 5.51. The molecule has 0 aromatic rings. The molecule has 0 radical (unpaired) electrons. The van der Waals surface area contributed by atoms with Crippen molar-refractivity contribution >= 4 is 11.8 Å². The molecule has 2 amide bonds. The average molecular weight is 443 g/mol. The third-order valence-corrected chi connectivity index (χ3v) is 10.7. The van der Waals surface area contributed by atoms with E-state index >= 15 is 0 Å². The predicted molar refractivity (Wildman–Crippen MR) is 124 cm³/mol. The molecule has 2 N–H and O–H groups in total. The molecule has 0 bridgehead atoms. The Balaban J connectivity index is 1.38. The number of hydrogen-bond donors (Lipinski definition) is 2. The standard InChI is InChI=1S/C27H42N2O3/c1-16-15-17-18-9-10-20(25(32)28-21-7-5-6-8-22(21)30)26(18,2)13-11-19(17)27(3)14-12-23(31)29(4)24(16)27/h17-22,30H,5-15H2,1-4H3,(H,28,32)/t17-,18-,19+,20?,21+,22-,26-,27+/m0/s1. The lowest BCUT2D eigenvalue weighted by Gasteiger charge is -2.59. The molecular weight excluding hydrogens is 400 g/mol. The average Bonchev–Trinajstić information content (AvgIpc) is 3.10. The smallest absolute Gasteiger partial charge is 0.226 e. The molecule has 1 heterocycles. The minimum absolute atomic E-state index is 0.0510. The molecule has 4 aliphatic carbocycles. The van der Waals surface area contributed by atoms with Crippen LogP contribution >= 0.6 is 0 Å². The molecule has 5 nitrogen and oxygen atoms in total. The van der Waals surface area contributed by atoms with Gasteiger partial charge in [-0.1, -0.05) is 32.3 Å². The van der Waals surface area contributed by atoms with E-state index in [1.165, 1.54) is 11.3 Å². The molecule has 3 saturated carbocycles. The molecule has 32 heavy (non-hydrogen) atoms. The van der Waals surface area contributed by atoms with E-state index in [0.717, 1.165) is 64.2 Å². The van der Waals surface area contributed by atoms with E-state index in [-0.39, 0.29) is 40.7 Å². The minimum atomic E-state index is -0.385. The number of nitrogens with one attached hydrogen (secondary N) is 1. The normalized spacial score (nSPS) is 46.4. The zero-order chi connectivity index (χ0) is 22.8. The first-order chi connectivity index (χ1) is 15.2. The van der Waals surface area contributed by atoms with Crippen molar-refractivity contribution in [2.24, 2.45) is 34.5 Å². The first kappa shape index (κ1) is 22.4. The van der Waals surface area contributed by atoms with Gasteiger partial charge in [0.05, 0.1) is 12.1 Å². The number of carbonyl (C=O) groups excluding carboxylic acids is 2. The Morgan fingerprint density at radius 3 is 2.56 bits per heavy atom. The van der Waals surface area contributed by atoms with Gasteiger partial charge in [0.1, 0.15) is 0 Å². The first-order valence-corrected chi connectivity index (χ1v) is 13.1. The number of carbonyl (C=O) groups is 2. The van der Waals surface area contributed by atoms with Gasteiger partial charge in [-0.3, -0.25) is 9.59 Å². The Morgan fingerprint density at radius 1 is 1.06 bits per heavy atom. The van der Waals surface area contributed by atoms with Crippen LogP contribution < -0.4 is 5.32 Å². The SMILES string of the molecule is CC1=C2N(C)C(=O)CC[C@]2(C)[C@@H]2CC[C@]3(C)C(C(=O)N[C@@H]4CCCC[C@@H]4O)CC[C@H]3[C@@H]2C1.